The standard InChI is InChI=1S/C16H9ClO6S2/c17-14-10-6-4-8-2-1-3-9-5-7-11(13(10)12(8)9)15(24(18,19)20)16(14)25(21,22)23/h1-7H,(H,18,19,20)(H,21,22,23). The van der Waals surface area contributed by atoms with Crippen molar-refractivity contribution in [2.45, 2.75) is 9.79 Å². The van der Waals surface area contributed by atoms with Gasteiger partial charge >= 0.3 is 0 Å². The van der Waals surface area contributed by atoms with Crippen molar-refractivity contribution in [3.8, 4) is 0 Å². The van der Waals surface area contributed by atoms with E-state index in [9.17, 15) is 25.9 Å². The lowest BCUT2D eigenvalue weighted by molar-refractivity contribution is 0.468. The highest BCUT2D eigenvalue weighted by Crippen LogP contribution is 2.44. The highest BCUT2D eigenvalue weighted by atomic mass is 35.5. The first-order valence-electron chi connectivity index (χ1n) is 6.94. The van der Waals surface area contributed by atoms with Crippen LogP contribution < -0.4 is 0 Å². The van der Waals surface area contributed by atoms with Crippen molar-refractivity contribution in [1.82, 2.24) is 0 Å². The first-order chi connectivity index (χ1) is 11.6. The van der Waals surface area contributed by atoms with E-state index in [4.69, 9.17) is 11.6 Å². The van der Waals surface area contributed by atoms with E-state index >= 15 is 0 Å². The summed E-state index contributed by atoms with van der Waals surface area (Å²) in [7, 11) is -10.00. The monoisotopic (exact) mass is 396 g/mol. The Kier molecular flexibility index (Phi) is 3.32. The van der Waals surface area contributed by atoms with Crippen LogP contribution in [0.4, 0.5) is 0 Å². The van der Waals surface area contributed by atoms with Crippen molar-refractivity contribution in [3.05, 3.63) is 47.5 Å². The molecule has 0 aliphatic heterocycles. The van der Waals surface area contributed by atoms with Crippen LogP contribution in [-0.4, -0.2) is 25.9 Å². The van der Waals surface area contributed by atoms with Gasteiger partial charge in [0.1, 0.15) is 9.79 Å². The molecule has 0 amide bonds. The molecule has 4 aromatic carbocycles. The topological polar surface area (TPSA) is 109 Å². The van der Waals surface area contributed by atoms with Gasteiger partial charge in [0, 0.05) is 16.2 Å². The van der Waals surface area contributed by atoms with Crippen LogP contribution in [0.2, 0.25) is 5.02 Å². The highest BCUT2D eigenvalue weighted by Gasteiger charge is 2.32. The largest absolute Gasteiger partial charge is 0.297 e. The van der Waals surface area contributed by atoms with Crippen LogP contribution in [0, 0.1) is 0 Å². The first-order valence-corrected chi connectivity index (χ1v) is 10.2. The van der Waals surface area contributed by atoms with Crippen molar-refractivity contribution in [1.29, 1.82) is 0 Å². The van der Waals surface area contributed by atoms with E-state index in [0.717, 1.165) is 10.8 Å². The quantitative estimate of drug-likeness (QED) is 0.394. The zero-order valence-corrected chi connectivity index (χ0v) is 14.7. The lowest BCUT2D eigenvalue weighted by Crippen LogP contribution is -2.10. The second kappa shape index (κ2) is 5.03. The van der Waals surface area contributed by atoms with Gasteiger partial charge in [-0.15, -0.1) is 0 Å². The van der Waals surface area contributed by atoms with Crippen LogP contribution >= 0.6 is 11.6 Å². The molecule has 0 spiro atoms. The summed E-state index contributed by atoms with van der Waals surface area (Å²) in [5.41, 5.74) is 0. The van der Waals surface area contributed by atoms with E-state index in [1.54, 1.807) is 18.2 Å². The summed E-state index contributed by atoms with van der Waals surface area (Å²) in [4.78, 5) is -1.95. The van der Waals surface area contributed by atoms with Gasteiger partial charge in [-0.25, -0.2) is 0 Å². The van der Waals surface area contributed by atoms with Crippen molar-refractivity contribution in [2.24, 2.45) is 0 Å². The van der Waals surface area contributed by atoms with Gasteiger partial charge in [0.05, 0.1) is 5.02 Å². The molecule has 0 fully saturated rings. The minimum atomic E-state index is -5.01. The molecule has 0 radical (unpaired) electrons. The SMILES string of the molecule is O=S(=O)(O)c1c(Cl)c2ccc3cccc4ccc(c1S(=O)(=O)O)c2c34. The molecular formula is C16H9ClO6S2. The molecular weight excluding hydrogens is 388 g/mol. The van der Waals surface area contributed by atoms with Crippen LogP contribution in [0.5, 0.6) is 0 Å². The molecule has 2 N–H and O–H groups in total. The molecule has 4 aromatic rings. The maximum Gasteiger partial charge on any atom is 0.297 e. The molecule has 4 rings (SSSR count). The van der Waals surface area contributed by atoms with Gasteiger partial charge in [-0.05, 0) is 16.2 Å². The third-order valence-electron chi connectivity index (χ3n) is 4.18. The maximum absolute atomic E-state index is 11.9. The van der Waals surface area contributed by atoms with Gasteiger partial charge < -0.3 is 0 Å². The van der Waals surface area contributed by atoms with Gasteiger partial charge in [-0.1, -0.05) is 54.1 Å². The number of hydrogen-bond donors (Lipinski definition) is 2. The fourth-order valence-corrected chi connectivity index (χ4v) is 5.98. The molecule has 128 valence electrons. The Bertz CT molecular complexity index is 1380. The minimum absolute atomic E-state index is 0.0289. The average Bonchev–Trinajstić information content (AvgIpc) is 2.51. The molecule has 0 heterocycles. The Morgan fingerprint density at radius 3 is 1.72 bits per heavy atom. The molecule has 25 heavy (non-hydrogen) atoms. The second-order valence-electron chi connectivity index (χ2n) is 5.60. The summed E-state index contributed by atoms with van der Waals surface area (Å²) in [5, 5.41) is 2.47. The average molecular weight is 397 g/mol. The van der Waals surface area contributed by atoms with E-state index in [0.29, 0.717) is 10.8 Å². The zero-order valence-electron chi connectivity index (χ0n) is 12.3. The lowest BCUT2D eigenvalue weighted by Gasteiger charge is -2.16. The first kappa shape index (κ1) is 16.5. The molecule has 0 saturated heterocycles. The Balaban J connectivity index is 2.48. The van der Waals surface area contributed by atoms with Gasteiger partial charge in [0.25, 0.3) is 20.2 Å². The normalized spacial score (nSPS) is 13.2. The number of halogens is 1. The van der Waals surface area contributed by atoms with Crippen LogP contribution in [-0.2, 0) is 20.2 Å². The molecule has 0 saturated carbocycles. The molecule has 0 aromatic heterocycles. The lowest BCUT2D eigenvalue weighted by atomic mass is 9.94. The number of benzene rings is 4. The molecule has 9 heteroatoms. The zero-order chi connectivity index (χ0) is 18.1. The molecule has 0 aliphatic rings. The third-order valence-corrected chi connectivity index (χ3v) is 6.68. The number of rotatable bonds is 2. The van der Waals surface area contributed by atoms with E-state index < -0.39 is 35.0 Å². The summed E-state index contributed by atoms with van der Waals surface area (Å²) in [6.45, 7) is 0. The fourth-order valence-electron chi connectivity index (χ4n) is 3.29. The highest BCUT2D eigenvalue weighted by molar-refractivity contribution is 7.89. The van der Waals surface area contributed by atoms with Crippen LogP contribution in [0.25, 0.3) is 32.3 Å². The fraction of sp³-hybridized carbons (Fsp3) is 0. The Hall–Kier alpha value is -1.97. The van der Waals surface area contributed by atoms with Gasteiger partial charge in [-0.3, -0.25) is 9.11 Å². The van der Waals surface area contributed by atoms with Crippen molar-refractivity contribution < 1.29 is 25.9 Å². The van der Waals surface area contributed by atoms with Crippen molar-refractivity contribution >= 4 is 64.2 Å². The minimum Gasteiger partial charge on any atom is -0.282 e. The summed E-state index contributed by atoms with van der Waals surface area (Å²) >= 11 is 6.15. The van der Waals surface area contributed by atoms with Gasteiger partial charge in [0.15, 0.2) is 0 Å². The van der Waals surface area contributed by atoms with Gasteiger partial charge in [0.2, 0.25) is 0 Å². The van der Waals surface area contributed by atoms with Crippen molar-refractivity contribution in [3.63, 3.8) is 0 Å². The summed E-state index contributed by atoms with van der Waals surface area (Å²) < 4.78 is 66.5. The predicted molar refractivity (Wildman–Crippen MR) is 94.8 cm³/mol. The van der Waals surface area contributed by atoms with Crippen molar-refractivity contribution in [2.75, 3.05) is 0 Å². The Morgan fingerprint density at radius 1 is 0.680 bits per heavy atom. The number of hydrogen-bond acceptors (Lipinski definition) is 4. The molecule has 0 atom stereocenters. The van der Waals surface area contributed by atoms with E-state index in [1.807, 2.05) is 18.2 Å². The summed E-state index contributed by atoms with van der Waals surface area (Å²) in [5.74, 6) is 0. The Labute approximate surface area is 147 Å². The van der Waals surface area contributed by atoms with Crippen LogP contribution in [0.15, 0.2) is 52.3 Å². The summed E-state index contributed by atoms with van der Waals surface area (Å²) in [6.07, 6.45) is 0. The van der Waals surface area contributed by atoms with E-state index in [2.05, 4.69) is 0 Å². The van der Waals surface area contributed by atoms with E-state index in [1.165, 1.54) is 6.07 Å². The third kappa shape index (κ3) is 2.30. The molecule has 6 nitrogen and oxygen atoms in total. The van der Waals surface area contributed by atoms with Crippen LogP contribution in [0.3, 0.4) is 0 Å². The molecule has 0 bridgehead atoms. The van der Waals surface area contributed by atoms with Gasteiger partial charge in [-0.2, -0.15) is 16.8 Å². The maximum atomic E-state index is 11.9. The van der Waals surface area contributed by atoms with E-state index in [-0.39, 0.29) is 10.8 Å². The molecule has 0 aliphatic carbocycles. The molecule has 0 unspecified atom stereocenters. The second-order valence-corrected chi connectivity index (χ2v) is 8.70. The summed E-state index contributed by atoms with van der Waals surface area (Å²) in [6, 6.07) is 11.7. The predicted octanol–water partition coefficient (Wildman–Crippen LogP) is 3.73. The smallest absolute Gasteiger partial charge is 0.282 e. The Morgan fingerprint density at radius 2 is 1.20 bits per heavy atom. The van der Waals surface area contributed by atoms with Crippen LogP contribution in [0.1, 0.15) is 0 Å².